The minimum absolute atomic E-state index is 0.155. The summed E-state index contributed by atoms with van der Waals surface area (Å²) in [5.41, 5.74) is 5.47. The van der Waals surface area contributed by atoms with E-state index in [1.807, 2.05) is 39.0 Å². The van der Waals surface area contributed by atoms with Crippen molar-refractivity contribution in [2.45, 2.75) is 26.3 Å². The molecule has 0 spiro atoms. The molecular formula is C11H19N3O. The Morgan fingerprint density at radius 3 is 2.80 bits per heavy atom. The smallest absolute Gasteiger partial charge is 0.215 e. The van der Waals surface area contributed by atoms with Gasteiger partial charge in [-0.3, -0.25) is 0 Å². The van der Waals surface area contributed by atoms with Crippen LogP contribution in [0.2, 0.25) is 0 Å². The lowest BCUT2D eigenvalue weighted by Gasteiger charge is -2.24. The first-order valence-electron chi connectivity index (χ1n) is 5.15. The predicted octanol–water partition coefficient (Wildman–Crippen LogP) is 1.63. The molecule has 0 saturated carbocycles. The van der Waals surface area contributed by atoms with Gasteiger partial charge >= 0.3 is 0 Å². The topological polar surface area (TPSA) is 60.2 Å². The van der Waals surface area contributed by atoms with Crippen molar-refractivity contribution in [1.82, 2.24) is 4.98 Å². The zero-order chi connectivity index (χ0) is 11.3. The number of nitrogens with zero attached hydrogens (tertiary/aromatic N) is 1. The number of hydrogen-bond acceptors (Lipinski definition) is 4. The highest BCUT2D eigenvalue weighted by Crippen LogP contribution is 2.15. The largest absolute Gasteiger partial charge is 0.478 e. The van der Waals surface area contributed by atoms with Gasteiger partial charge in [-0.25, -0.2) is 0 Å². The summed E-state index contributed by atoms with van der Waals surface area (Å²) in [5.74, 6) is 1.42. The van der Waals surface area contributed by atoms with E-state index in [1.54, 1.807) is 0 Å². The average Bonchev–Trinajstić information content (AvgIpc) is 2.18. The Morgan fingerprint density at radius 1 is 1.47 bits per heavy atom. The SMILES string of the molecule is CCOc1cccc(NC(C)(C)CN)n1. The molecular weight excluding hydrogens is 190 g/mol. The van der Waals surface area contributed by atoms with Gasteiger partial charge in [0.15, 0.2) is 0 Å². The summed E-state index contributed by atoms with van der Waals surface area (Å²) in [7, 11) is 0. The molecule has 15 heavy (non-hydrogen) atoms. The van der Waals surface area contributed by atoms with Crippen molar-refractivity contribution in [1.29, 1.82) is 0 Å². The van der Waals surface area contributed by atoms with E-state index in [0.29, 0.717) is 19.0 Å². The lowest BCUT2D eigenvalue weighted by Crippen LogP contribution is -2.39. The normalized spacial score (nSPS) is 11.2. The highest BCUT2D eigenvalue weighted by molar-refractivity contribution is 5.39. The van der Waals surface area contributed by atoms with Crippen LogP contribution in [0.3, 0.4) is 0 Å². The predicted molar refractivity (Wildman–Crippen MR) is 62.2 cm³/mol. The summed E-state index contributed by atoms with van der Waals surface area (Å²) in [4.78, 5) is 4.31. The molecule has 0 unspecified atom stereocenters. The van der Waals surface area contributed by atoms with E-state index in [0.717, 1.165) is 5.82 Å². The van der Waals surface area contributed by atoms with Crippen LogP contribution < -0.4 is 15.8 Å². The van der Waals surface area contributed by atoms with E-state index < -0.39 is 0 Å². The van der Waals surface area contributed by atoms with E-state index in [4.69, 9.17) is 10.5 Å². The molecule has 4 heteroatoms. The van der Waals surface area contributed by atoms with E-state index in [2.05, 4.69) is 10.3 Å². The Kier molecular flexibility index (Phi) is 3.91. The van der Waals surface area contributed by atoms with Crippen molar-refractivity contribution in [3.8, 4) is 5.88 Å². The molecule has 84 valence electrons. The number of nitrogens with two attached hydrogens (primary N) is 1. The van der Waals surface area contributed by atoms with Gasteiger partial charge in [-0.2, -0.15) is 4.98 Å². The maximum Gasteiger partial charge on any atom is 0.215 e. The van der Waals surface area contributed by atoms with Crippen molar-refractivity contribution < 1.29 is 4.74 Å². The third-order valence-corrected chi connectivity index (χ3v) is 1.99. The molecule has 0 aromatic carbocycles. The van der Waals surface area contributed by atoms with E-state index >= 15 is 0 Å². The van der Waals surface area contributed by atoms with Crippen molar-refractivity contribution in [3.05, 3.63) is 18.2 Å². The standard InChI is InChI=1S/C11H19N3O/c1-4-15-10-7-5-6-9(13-10)14-11(2,3)8-12/h5-7H,4,8,12H2,1-3H3,(H,13,14). The Morgan fingerprint density at radius 2 is 2.20 bits per heavy atom. The summed E-state index contributed by atoms with van der Waals surface area (Å²) >= 11 is 0. The Balaban J connectivity index is 2.73. The number of pyridine rings is 1. The first-order chi connectivity index (χ1) is 7.07. The van der Waals surface area contributed by atoms with Crippen LogP contribution in [0.15, 0.2) is 18.2 Å². The zero-order valence-corrected chi connectivity index (χ0v) is 9.58. The maximum atomic E-state index is 5.63. The second-order valence-corrected chi connectivity index (χ2v) is 4.01. The van der Waals surface area contributed by atoms with Gasteiger partial charge in [-0.15, -0.1) is 0 Å². The molecule has 0 aliphatic heterocycles. The molecule has 0 atom stereocenters. The van der Waals surface area contributed by atoms with Crippen LogP contribution in [0.4, 0.5) is 5.82 Å². The average molecular weight is 209 g/mol. The van der Waals surface area contributed by atoms with Crippen LogP contribution >= 0.6 is 0 Å². The molecule has 4 nitrogen and oxygen atoms in total. The summed E-state index contributed by atoms with van der Waals surface area (Å²) < 4.78 is 5.31. The fourth-order valence-corrected chi connectivity index (χ4v) is 1.11. The van der Waals surface area contributed by atoms with Crippen molar-refractivity contribution >= 4 is 5.82 Å². The van der Waals surface area contributed by atoms with Crippen LogP contribution in [-0.4, -0.2) is 23.7 Å². The maximum absolute atomic E-state index is 5.63. The second kappa shape index (κ2) is 4.98. The Bertz CT molecular complexity index is 312. The molecule has 0 aliphatic carbocycles. The van der Waals surface area contributed by atoms with Crippen LogP contribution in [-0.2, 0) is 0 Å². The first kappa shape index (κ1) is 11.8. The lowest BCUT2D eigenvalue weighted by molar-refractivity contribution is 0.327. The Hall–Kier alpha value is -1.29. The summed E-state index contributed by atoms with van der Waals surface area (Å²) in [6, 6.07) is 5.65. The molecule has 0 radical (unpaired) electrons. The molecule has 3 N–H and O–H groups in total. The van der Waals surface area contributed by atoms with Crippen LogP contribution in [0.25, 0.3) is 0 Å². The van der Waals surface area contributed by atoms with Gasteiger partial charge in [-0.05, 0) is 26.8 Å². The van der Waals surface area contributed by atoms with Gasteiger partial charge in [0.2, 0.25) is 5.88 Å². The number of hydrogen-bond donors (Lipinski definition) is 2. The van der Waals surface area contributed by atoms with Gasteiger partial charge in [0, 0.05) is 18.2 Å². The number of aromatic nitrogens is 1. The van der Waals surface area contributed by atoms with Crippen LogP contribution in [0, 0.1) is 0 Å². The quantitative estimate of drug-likeness (QED) is 0.773. The minimum Gasteiger partial charge on any atom is -0.478 e. The molecule has 0 saturated heterocycles. The fraction of sp³-hybridized carbons (Fsp3) is 0.545. The molecule has 0 amide bonds. The monoisotopic (exact) mass is 209 g/mol. The Labute approximate surface area is 90.8 Å². The summed E-state index contributed by atoms with van der Waals surface area (Å²) in [6.45, 7) is 7.17. The van der Waals surface area contributed by atoms with E-state index in [9.17, 15) is 0 Å². The molecule has 1 aromatic rings. The third-order valence-electron chi connectivity index (χ3n) is 1.99. The molecule has 1 heterocycles. The van der Waals surface area contributed by atoms with Gasteiger partial charge < -0.3 is 15.8 Å². The van der Waals surface area contributed by atoms with Gasteiger partial charge in [0.1, 0.15) is 5.82 Å². The molecule has 1 rings (SSSR count). The lowest BCUT2D eigenvalue weighted by atomic mass is 10.1. The zero-order valence-electron chi connectivity index (χ0n) is 9.58. The minimum atomic E-state index is -0.155. The number of nitrogens with one attached hydrogen (secondary N) is 1. The van der Waals surface area contributed by atoms with Gasteiger partial charge in [0.25, 0.3) is 0 Å². The summed E-state index contributed by atoms with van der Waals surface area (Å²) in [5, 5.41) is 3.25. The highest BCUT2D eigenvalue weighted by Gasteiger charge is 2.15. The van der Waals surface area contributed by atoms with Crippen molar-refractivity contribution in [3.63, 3.8) is 0 Å². The first-order valence-corrected chi connectivity index (χ1v) is 5.15. The van der Waals surface area contributed by atoms with Crippen LogP contribution in [0.1, 0.15) is 20.8 Å². The van der Waals surface area contributed by atoms with E-state index in [1.165, 1.54) is 0 Å². The van der Waals surface area contributed by atoms with Gasteiger partial charge in [-0.1, -0.05) is 6.07 Å². The molecule has 1 aromatic heterocycles. The summed E-state index contributed by atoms with van der Waals surface area (Å²) in [6.07, 6.45) is 0. The number of anilines is 1. The van der Waals surface area contributed by atoms with Crippen molar-refractivity contribution in [2.75, 3.05) is 18.5 Å². The van der Waals surface area contributed by atoms with Gasteiger partial charge in [0.05, 0.1) is 6.61 Å². The molecule has 0 aliphatic rings. The molecule has 0 bridgehead atoms. The van der Waals surface area contributed by atoms with Crippen LogP contribution in [0.5, 0.6) is 5.88 Å². The number of ether oxygens (including phenoxy) is 1. The molecule has 0 fully saturated rings. The van der Waals surface area contributed by atoms with Crippen molar-refractivity contribution in [2.24, 2.45) is 5.73 Å². The number of rotatable bonds is 5. The third kappa shape index (κ3) is 3.75. The van der Waals surface area contributed by atoms with E-state index in [-0.39, 0.29) is 5.54 Å². The highest BCUT2D eigenvalue weighted by atomic mass is 16.5. The second-order valence-electron chi connectivity index (χ2n) is 4.01. The fourth-order valence-electron chi connectivity index (χ4n) is 1.11.